The summed E-state index contributed by atoms with van der Waals surface area (Å²) in [7, 11) is 0. The zero-order valence-electron chi connectivity index (χ0n) is 19.0. The second-order valence-corrected chi connectivity index (χ2v) is 9.54. The van der Waals surface area contributed by atoms with Crippen LogP contribution in [0, 0.1) is 0 Å². The fourth-order valence-corrected chi connectivity index (χ4v) is 5.01. The van der Waals surface area contributed by atoms with Gasteiger partial charge in [0.1, 0.15) is 12.2 Å². The van der Waals surface area contributed by atoms with Crippen LogP contribution in [-0.2, 0) is 10.3 Å². The van der Waals surface area contributed by atoms with Crippen molar-refractivity contribution in [1.82, 2.24) is 4.98 Å². The maximum absolute atomic E-state index is 13.2. The molecule has 5 rings (SSSR count). The molecule has 2 heterocycles. The third kappa shape index (κ3) is 4.49. The van der Waals surface area contributed by atoms with Crippen molar-refractivity contribution in [3.63, 3.8) is 0 Å². The molecular formula is C26H24F3N3O3. The highest BCUT2D eigenvalue weighted by atomic mass is 19.4. The normalized spacial score (nSPS) is 23.9. The number of nitrogens with two attached hydrogens (primary N) is 1. The van der Waals surface area contributed by atoms with Gasteiger partial charge in [-0.25, -0.2) is 4.98 Å². The number of alkyl halides is 3. The van der Waals surface area contributed by atoms with Gasteiger partial charge in [-0.1, -0.05) is 54.6 Å². The van der Waals surface area contributed by atoms with E-state index < -0.39 is 36.4 Å². The fourth-order valence-electron chi connectivity index (χ4n) is 5.01. The molecule has 1 aliphatic heterocycles. The Morgan fingerprint density at radius 1 is 1.09 bits per heavy atom. The van der Waals surface area contributed by atoms with Crippen LogP contribution in [0.25, 0.3) is 22.4 Å². The van der Waals surface area contributed by atoms with Gasteiger partial charge in [-0.05, 0) is 37.0 Å². The molecule has 1 amide bonds. The van der Waals surface area contributed by atoms with Crippen LogP contribution in [0.1, 0.15) is 25.3 Å². The molecule has 1 aromatic heterocycles. The number of nitrogens with zero attached hydrogens (tertiary/aromatic N) is 2. The van der Waals surface area contributed by atoms with Crippen molar-refractivity contribution in [3.8, 4) is 28.3 Å². The van der Waals surface area contributed by atoms with Crippen molar-refractivity contribution in [2.75, 3.05) is 18.1 Å². The number of pyridine rings is 1. The second-order valence-electron chi connectivity index (χ2n) is 9.54. The zero-order chi connectivity index (χ0) is 25.0. The van der Waals surface area contributed by atoms with Gasteiger partial charge >= 0.3 is 6.18 Å². The number of halogens is 3. The molecule has 3 N–H and O–H groups in total. The summed E-state index contributed by atoms with van der Waals surface area (Å²) in [6.45, 7) is -0.189. The maximum atomic E-state index is 13.2. The Hall–Kier alpha value is -3.43. The van der Waals surface area contributed by atoms with Crippen LogP contribution in [0.4, 0.5) is 18.9 Å². The molecule has 0 saturated heterocycles. The van der Waals surface area contributed by atoms with Crippen LogP contribution in [-0.4, -0.2) is 40.9 Å². The molecule has 9 heteroatoms. The number of aromatic nitrogens is 1. The second kappa shape index (κ2) is 8.07. The molecular weight excluding hydrogens is 459 g/mol. The van der Waals surface area contributed by atoms with Crippen molar-refractivity contribution in [2.24, 2.45) is 5.73 Å². The summed E-state index contributed by atoms with van der Waals surface area (Å²) in [6, 6.07) is 18.1. The van der Waals surface area contributed by atoms with Gasteiger partial charge in [0.15, 0.2) is 6.61 Å². The topological polar surface area (TPSA) is 88.7 Å². The molecule has 182 valence electrons. The van der Waals surface area contributed by atoms with E-state index in [9.17, 15) is 23.1 Å². The fraction of sp³-hybridized carbons (Fsp3) is 0.308. The lowest BCUT2D eigenvalue weighted by atomic mass is 9.63. The molecule has 0 spiro atoms. The predicted molar refractivity (Wildman–Crippen MR) is 125 cm³/mol. The zero-order valence-corrected chi connectivity index (χ0v) is 19.0. The first kappa shape index (κ1) is 23.3. The summed E-state index contributed by atoms with van der Waals surface area (Å²) in [5.41, 5.74) is 8.44. The largest absolute Gasteiger partial charge is 0.466 e. The van der Waals surface area contributed by atoms with Crippen LogP contribution in [0.15, 0.2) is 60.7 Å². The summed E-state index contributed by atoms with van der Waals surface area (Å²) in [6.07, 6.45) is -3.68. The van der Waals surface area contributed by atoms with Gasteiger partial charge in [-0.3, -0.25) is 9.69 Å². The molecule has 2 aliphatic rings. The van der Waals surface area contributed by atoms with Gasteiger partial charge in [0, 0.05) is 16.7 Å². The lowest BCUT2D eigenvalue weighted by molar-refractivity contribution is -0.134. The monoisotopic (exact) mass is 483 g/mol. The number of rotatable bonds is 4. The molecule has 0 bridgehead atoms. The van der Waals surface area contributed by atoms with E-state index in [0.29, 0.717) is 34.6 Å². The van der Waals surface area contributed by atoms with Crippen LogP contribution in [0.3, 0.4) is 0 Å². The van der Waals surface area contributed by atoms with E-state index >= 15 is 0 Å². The summed E-state index contributed by atoms with van der Waals surface area (Å²) in [5.74, 6) is -0.810. The smallest absolute Gasteiger partial charge is 0.406 e. The van der Waals surface area contributed by atoms with Crippen LogP contribution in [0.2, 0.25) is 0 Å². The lowest BCUT2D eigenvalue weighted by Crippen LogP contribution is -2.58. The Labute approximate surface area is 200 Å². The third-order valence-electron chi connectivity index (χ3n) is 6.44. The van der Waals surface area contributed by atoms with Crippen LogP contribution in [0.5, 0.6) is 5.88 Å². The molecule has 1 aliphatic carbocycles. The van der Waals surface area contributed by atoms with Crippen LogP contribution < -0.4 is 15.4 Å². The molecule has 6 nitrogen and oxygen atoms in total. The number of hydrogen-bond acceptors (Lipinski definition) is 5. The number of fused-ring (bicyclic) bond motifs is 1. The lowest BCUT2D eigenvalue weighted by Gasteiger charge is -2.49. The third-order valence-corrected chi connectivity index (χ3v) is 6.44. The predicted octanol–water partition coefficient (Wildman–Crippen LogP) is 4.40. The first-order valence-electron chi connectivity index (χ1n) is 11.2. The molecule has 0 unspecified atom stereocenters. The van der Waals surface area contributed by atoms with E-state index in [1.807, 2.05) is 54.6 Å². The van der Waals surface area contributed by atoms with Gasteiger partial charge in [0.25, 0.3) is 5.91 Å². The summed E-state index contributed by atoms with van der Waals surface area (Å²) >= 11 is 0. The number of amides is 1. The summed E-state index contributed by atoms with van der Waals surface area (Å²) in [4.78, 5) is 17.5. The standard InChI is InChI=1S/C26H24F3N3O3/c1-24(34)13-25(30,14-24)18-9-7-17(8-10-18)22-19(16-5-3-2-4-6-16)11-20-23(31-22)35-12-21(33)32(20)15-26(27,28)29/h2-11,34H,12-15,30H2,1H3/t24-,25-. The molecule has 2 aromatic carbocycles. The van der Waals surface area contributed by atoms with Gasteiger partial charge in [-0.2, -0.15) is 13.2 Å². The summed E-state index contributed by atoms with van der Waals surface area (Å²) < 4.78 is 45.1. The van der Waals surface area contributed by atoms with Crippen molar-refractivity contribution in [3.05, 3.63) is 66.2 Å². The van der Waals surface area contributed by atoms with E-state index in [0.717, 1.165) is 11.1 Å². The Balaban J connectivity index is 1.59. The number of benzene rings is 2. The van der Waals surface area contributed by atoms with Crippen molar-refractivity contribution >= 4 is 11.6 Å². The number of ether oxygens (including phenoxy) is 1. The van der Waals surface area contributed by atoms with E-state index in [2.05, 4.69) is 4.98 Å². The Morgan fingerprint density at radius 2 is 1.74 bits per heavy atom. The van der Waals surface area contributed by atoms with E-state index in [1.165, 1.54) is 6.07 Å². The van der Waals surface area contributed by atoms with Gasteiger partial charge in [0.05, 0.1) is 11.3 Å². The van der Waals surface area contributed by atoms with Gasteiger partial charge in [-0.15, -0.1) is 0 Å². The number of anilines is 1. The highest BCUT2D eigenvalue weighted by Gasteiger charge is 2.49. The summed E-state index contributed by atoms with van der Waals surface area (Å²) in [5, 5.41) is 10.1. The van der Waals surface area contributed by atoms with E-state index in [-0.39, 0.29) is 11.6 Å². The first-order chi connectivity index (χ1) is 16.4. The first-order valence-corrected chi connectivity index (χ1v) is 11.2. The quantitative estimate of drug-likeness (QED) is 0.574. The Bertz CT molecular complexity index is 1270. The Kier molecular flexibility index (Phi) is 5.37. The van der Waals surface area contributed by atoms with Crippen molar-refractivity contribution in [1.29, 1.82) is 0 Å². The van der Waals surface area contributed by atoms with Crippen LogP contribution >= 0.6 is 0 Å². The van der Waals surface area contributed by atoms with E-state index in [4.69, 9.17) is 10.5 Å². The number of aliphatic hydroxyl groups is 1. The molecule has 0 atom stereocenters. The average Bonchev–Trinajstić information content (AvgIpc) is 2.79. The SMILES string of the molecule is C[C@]1(O)C[C@@](N)(c2ccc(-c3nc4c(cc3-c3ccccc3)N(CC(F)(F)F)C(=O)CO4)cc2)C1. The number of hydrogen-bond donors (Lipinski definition) is 2. The molecule has 0 radical (unpaired) electrons. The molecule has 1 fully saturated rings. The minimum Gasteiger partial charge on any atom is -0.466 e. The average molecular weight is 483 g/mol. The number of carbonyl (C=O) groups is 1. The van der Waals surface area contributed by atoms with Crippen molar-refractivity contribution in [2.45, 2.75) is 37.1 Å². The van der Waals surface area contributed by atoms with Gasteiger partial charge in [0.2, 0.25) is 5.88 Å². The number of carbonyl (C=O) groups excluding carboxylic acids is 1. The van der Waals surface area contributed by atoms with Gasteiger partial charge < -0.3 is 15.6 Å². The minimum absolute atomic E-state index is 0.0181. The molecule has 3 aromatic rings. The van der Waals surface area contributed by atoms with E-state index in [1.54, 1.807) is 6.92 Å². The highest BCUT2D eigenvalue weighted by Crippen LogP contribution is 2.47. The molecule has 35 heavy (non-hydrogen) atoms. The Morgan fingerprint density at radius 3 is 2.34 bits per heavy atom. The van der Waals surface area contributed by atoms with Crippen molar-refractivity contribution < 1.29 is 27.8 Å². The maximum Gasteiger partial charge on any atom is 0.406 e. The minimum atomic E-state index is -4.57. The molecule has 1 saturated carbocycles. The highest BCUT2D eigenvalue weighted by molar-refractivity contribution is 5.99.